The highest BCUT2D eigenvalue weighted by atomic mass is 35.5. The van der Waals surface area contributed by atoms with E-state index < -0.39 is 0 Å². The van der Waals surface area contributed by atoms with Gasteiger partial charge in [-0.05, 0) is 61.4 Å². The van der Waals surface area contributed by atoms with E-state index in [0.29, 0.717) is 34.6 Å². The summed E-state index contributed by atoms with van der Waals surface area (Å²) in [5.41, 5.74) is 3.63. The molecule has 0 aliphatic rings. The highest BCUT2D eigenvalue weighted by molar-refractivity contribution is 6.30. The summed E-state index contributed by atoms with van der Waals surface area (Å²) in [5.74, 6) is 0.104. The van der Waals surface area contributed by atoms with Crippen LogP contribution in [0.5, 0.6) is 0 Å². The van der Waals surface area contributed by atoms with Crippen molar-refractivity contribution in [3.63, 3.8) is 0 Å². The van der Waals surface area contributed by atoms with Gasteiger partial charge in [0.15, 0.2) is 0 Å². The number of carbonyl (C=O) groups is 1. The molecule has 1 aromatic carbocycles. The van der Waals surface area contributed by atoms with Crippen LogP contribution in [0.3, 0.4) is 0 Å². The first-order chi connectivity index (χ1) is 12.5. The van der Waals surface area contributed by atoms with Gasteiger partial charge in [0.25, 0.3) is 5.91 Å². The summed E-state index contributed by atoms with van der Waals surface area (Å²) in [6, 6.07) is 10.8. The van der Waals surface area contributed by atoms with Crippen LogP contribution >= 0.6 is 11.6 Å². The van der Waals surface area contributed by atoms with Gasteiger partial charge in [-0.1, -0.05) is 11.6 Å². The lowest BCUT2D eigenvalue weighted by atomic mass is 10.2. The number of aromatic nitrogens is 3. The van der Waals surface area contributed by atoms with Crippen LogP contribution in [0, 0.1) is 13.8 Å². The fraction of sp³-hybridized carbons (Fsp3) is 0.158. The third kappa shape index (κ3) is 4.55. The van der Waals surface area contributed by atoms with E-state index in [1.165, 1.54) is 0 Å². The van der Waals surface area contributed by atoms with E-state index in [1.54, 1.807) is 36.7 Å². The first-order valence-corrected chi connectivity index (χ1v) is 8.45. The Balaban J connectivity index is 1.75. The van der Waals surface area contributed by atoms with Crippen molar-refractivity contribution >= 4 is 29.1 Å². The van der Waals surface area contributed by atoms with Gasteiger partial charge in [-0.2, -0.15) is 0 Å². The summed E-state index contributed by atoms with van der Waals surface area (Å²) in [4.78, 5) is 25.2. The Bertz CT molecular complexity index is 930. The lowest BCUT2D eigenvalue weighted by Gasteiger charge is -2.10. The molecular weight excluding hydrogens is 350 g/mol. The minimum absolute atomic E-state index is 0.295. The lowest BCUT2D eigenvalue weighted by Crippen LogP contribution is -2.16. The number of aryl methyl sites for hydroxylation is 2. The fourth-order valence-corrected chi connectivity index (χ4v) is 2.63. The number of halogens is 1. The van der Waals surface area contributed by atoms with Crippen molar-refractivity contribution in [1.29, 1.82) is 0 Å². The zero-order chi connectivity index (χ0) is 18.5. The third-order valence-electron chi connectivity index (χ3n) is 3.72. The van der Waals surface area contributed by atoms with Gasteiger partial charge >= 0.3 is 0 Å². The van der Waals surface area contributed by atoms with Gasteiger partial charge in [0, 0.05) is 35.3 Å². The molecular formula is C19H18ClN5O. The molecule has 6 nitrogen and oxygen atoms in total. The molecule has 0 unspecified atom stereocenters. The largest absolute Gasteiger partial charge is 0.350 e. The number of hydrogen-bond acceptors (Lipinski definition) is 5. The molecule has 0 saturated heterocycles. The van der Waals surface area contributed by atoms with Crippen molar-refractivity contribution in [1.82, 2.24) is 15.0 Å². The van der Waals surface area contributed by atoms with Crippen molar-refractivity contribution in [3.8, 4) is 0 Å². The lowest BCUT2D eigenvalue weighted by molar-refractivity contribution is 0.102. The molecule has 0 aliphatic heterocycles. The van der Waals surface area contributed by atoms with Crippen LogP contribution < -0.4 is 10.6 Å². The van der Waals surface area contributed by atoms with E-state index in [-0.39, 0.29) is 5.91 Å². The summed E-state index contributed by atoms with van der Waals surface area (Å²) in [6.45, 7) is 4.25. The maximum absolute atomic E-state index is 12.6. The Morgan fingerprint density at radius 3 is 2.58 bits per heavy atom. The normalized spacial score (nSPS) is 10.4. The molecule has 1 amide bonds. The molecule has 2 heterocycles. The zero-order valence-corrected chi connectivity index (χ0v) is 15.2. The number of nitrogens with one attached hydrogen (secondary N) is 2. The number of rotatable bonds is 5. The molecule has 132 valence electrons. The number of hydrogen-bond donors (Lipinski definition) is 2. The first kappa shape index (κ1) is 17.8. The van der Waals surface area contributed by atoms with E-state index in [4.69, 9.17) is 11.6 Å². The van der Waals surface area contributed by atoms with Gasteiger partial charge in [0.05, 0.1) is 0 Å². The standard InChI is InChI=1S/C19H18ClN5O/c1-12-9-15(20)3-4-16(12)24-18(26)17-10-13(2)23-19(25-17)22-11-14-5-7-21-8-6-14/h3-10H,11H2,1-2H3,(H,24,26)(H,22,23,25). The number of anilines is 2. The second kappa shape index (κ2) is 7.93. The Morgan fingerprint density at radius 2 is 1.85 bits per heavy atom. The first-order valence-electron chi connectivity index (χ1n) is 8.07. The highest BCUT2D eigenvalue weighted by Gasteiger charge is 2.12. The smallest absolute Gasteiger partial charge is 0.274 e. The average molecular weight is 368 g/mol. The molecule has 3 aromatic rings. The molecule has 0 atom stereocenters. The number of carbonyl (C=O) groups excluding carboxylic acids is 1. The van der Waals surface area contributed by atoms with Gasteiger partial charge in [0.2, 0.25) is 5.95 Å². The predicted octanol–water partition coefficient (Wildman–Crippen LogP) is 4.01. The molecule has 2 N–H and O–H groups in total. The van der Waals surface area contributed by atoms with Crippen molar-refractivity contribution < 1.29 is 4.79 Å². The third-order valence-corrected chi connectivity index (χ3v) is 3.96. The molecule has 2 aromatic heterocycles. The Kier molecular flexibility index (Phi) is 5.43. The van der Waals surface area contributed by atoms with E-state index in [9.17, 15) is 4.79 Å². The summed E-state index contributed by atoms with van der Waals surface area (Å²) < 4.78 is 0. The maximum Gasteiger partial charge on any atom is 0.274 e. The molecule has 0 bridgehead atoms. The monoisotopic (exact) mass is 367 g/mol. The van der Waals surface area contributed by atoms with Crippen molar-refractivity contribution in [2.45, 2.75) is 20.4 Å². The van der Waals surface area contributed by atoms with Crippen LogP contribution in [-0.4, -0.2) is 20.9 Å². The van der Waals surface area contributed by atoms with E-state index in [0.717, 1.165) is 11.1 Å². The van der Waals surface area contributed by atoms with Crippen LogP contribution in [0.2, 0.25) is 5.02 Å². The molecule has 0 fully saturated rings. The van der Waals surface area contributed by atoms with Gasteiger partial charge in [-0.15, -0.1) is 0 Å². The van der Waals surface area contributed by atoms with Gasteiger partial charge < -0.3 is 10.6 Å². The second-order valence-electron chi connectivity index (χ2n) is 5.84. The summed E-state index contributed by atoms with van der Waals surface area (Å²) in [7, 11) is 0. The minimum Gasteiger partial charge on any atom is -0.350 e. The molecule has 7 heteroatoms. The van der Waals surface area contributed by atoms with Crippen molar-refractivity contribution in [2.75, 3.05) is 10.6 Å². The predicted molar refractivity (Wildman–Crippen MR) is 102 cm³/mol. The van der Waals surface area contributed by atoms with E-state index in [2.05, 4.69) is 25.6 Å². The summed E-state index contributed by atoms with van der Waals surface area (Å²) in [5, 5.41) is 6.62. The topological polar surface area (TPSA) is 79.8 Å². The number of benzene rings is 1. The van der Waals surface area contributed by atoms with Crippen LogP contribution in [0.4, 0.5) is 11.6 Å². The fourth-order valence-electron chi connectivity index (χ4n) is 2.40. The Labute approximate surface area is 156 Å². The molecule has 0 saturated carbocycles. The SMILES string of the molecule is Cc1cc(C(=O)Nc2ccc(Cl)cc2C)nc(NCc2ccncc2)n1. The zero-order valence-electron chi connectivity index (χ0n) is 14.5. The van der Waals surface area contributed by atoms with E-state index in [1.807, 2.05) is 26.0 Å². The Morgan fingerprint density at radius 1 is 1.08 bits per heavy atom. The molecule has 3 rings (SSSR count). The number of amides is 1. The molecule has 0 spiro atoms. The van der Waals surface area contributed by atoms with Crippen LogP contribution in [-0.2, 0) is 6.54 Å². The maximum atomic E-state index is 12.6. The van der Waals surface area contributed by atoms with Gasteiger partial charge in [-0.3, -0.25) is 9.78 Å². The summed E-state index contributed by atoms with van der Waals surface area (Å²) in [6.07, 6.45) is 3.45. The molecule has 26 heavy (non-hydrogen) atoms. The van der Waals surface area contributed by atoms with Crippen molar-refractivity contribution in [2.24, 2.45) is 0 Å². The quantitative estimate of drug-likeness (QED) is 0.712. The minimum atomic E-state index is -0.298. The molecule has 0 radical (unpaired) electrons. The Hall–Kier alpha value is -2.99. The van der Waals surface area contributed by atoms with Gasteiger partial charge in [0.1, 0.15) is 5.69 Å². The average Bonchev–Trinajstić information content (AvgIpc) is 2.63. The van der Waals surface area contributed by atoms with Gasteiger partial charge in [-0.25, -0.2) is 9.97 Å². The highest BCUT2D eigenvalue weighted by Crippen LogP contribution is 2.20. The number of nitrogens with zero attached hydrogens (tertiary/aromatic N) is 3. The van der Waals surface area contributed by atoms with Crippen LogP contribution in [0.1, 0.15) is 27.3 Å². The summed E-state index contributed by atoms with van der Waals surface area (Å²) >= 11 is 5.95. The second-order valence-corrected chi connectivity index (χ2v) is 6.28. The van der Waals surface area contributed by atoms with Crippen LogP contribution in [0.15, 0.2) is 48.8 Å². The number of pyridine rings is 1. The van der Waals surface area contributed by atoms with Crippen LogP contribution in [0.25, 0.3) is 0 Å². The van der Waals surface area contributed by atoms with E-state index >= 15 is 0 Å². The molecule has 0 aliphatic carbocycles. The van der Waals surface area contributed by atoms with Crippen molar-refractivity contribution in [3.05, 3.63) is 76.3 Å².